The number of likely N-dealkylation sites (tertiary alicyclic amines) is 1. The lowest BCUT2D eigenvalue weighted by Crippen LogP contribution is -2.52. The number of carbonyl (C=O) groups excluding carboxylic acids is 3. The molecule has 9 heteroatoms. The van der Waals surface area contributed by atoms with E-state index in [0.29, 0.717) is 56.1 Å². The first-order chi connectivity index (χ1) is 17.5. The number of para-hydroxylation sites is 1. The van der Waals surface area contributed by atoms with Gasteiger partial charge in [-0.2, -0.15) is 0 Å². The van der Waals surface area contributed by atoms with Crippen molar-refractivity contribution < 1.29 is 23.9 Å². The Morgan fingerprint density at radius 2 is 1.44 bits per heavy atom. The highest BCUT2D eigenvalue weighted by molar-refractivity contribution is 5.95. The van der Waals surface area contributed by atoms with Gasteiger partial charge in [0, 0.05) is 62.5 Å². The molecule has 1 N–H and O–H groups in total. The van der Waals surface area contributed by atoms with E-state index in [0.717, 1.165) is 18.8 Å². The average molecular weight is 495 g/mol. The zero-order valence-electron chi connectivity index (χ0n) is 20.9. The standard InChI is InChI=1S/C27H34N4O5/c1-35-23-16-21(17-24(18-23)36-2)27(34)31-10-8-20(9-11-31)26(33)28-19-25(32)30-14-12-29(13-15-30)22-6-4-3-5-7-22/h3-7,16-18,20H,8-15,19H2,1-2H3,(H,28,33). The number of rotatable bonds is 7. The van der Waals surface area contributed by atoms with Crippen molar-refractivity contribution in [1.29, 1.82) is 0 Å². The fraction of sp³-hybridized carbons (Fsp3) is 0.444. The maximum Gasteiger partial charge on any atom is 0.254 e. The summed E-state index contributed by atoms with van der Waals surface area (Å²) in [4.78, 5) is 44.2. The van der Waals surface area contributed by atoms with Crippen LogP contribution in [0.5, 0.6) is 11.5 Å². The number of methoxy groups -OCH3 is 2. The smallest absolute Gasteiger partial charge is 0.254 e. The van der Waals surface area contributed by atoms with E-state index in [-0.39, 0.29) is 30.2 Å². The van der Waals surface area contributed by atoms with Crippen LogP contribution in [0, 0.1) is 5.92 Å². The molecule has 4 rings (SSSR count). The molecule has 9 nitrogen and oxygen atoms in total. The number of amides is 3. The van der Waals surface area contributed by atoms with Crippen LogP contribution in [0.1, 0.15) is 23.2 Å². The van der Waals surface area contributed by atoms with Gasteiger partial charge in [-0.15, -0.1) is 0 Å². The number of hydrogen-bond acceptors (Lipinski definition) is 6. The number of nitrogens with one attached hydrogen (secondary N) is 1. The molecule has 0 spiro atoms. The zero-order chi connectivity index (χ0) is 25.5. The minimum absolute atomic E-state index is 0.00686. The number of carbonyl (C=O) groups is 3. The number of hydrogen-bond donors (Lipinski definition) is 1. The summed E-state index contributed by atoms with van der Waals surface area (Å²) < 4.78 is 10.5. The molecule has 2 heterocycles. The molecule has 2 aromatic carbocycles. The van der Waals surface area contributed by atoms with Crippen LogP contribution in [0.15, 0.2) is 48.5 Å². The fourth-order valence-corrected chi connectivity index (χ4v) is 4.73. The second-order valence-electron chi connectivity index (χ2n) is 9.09. The molecule has 2 fully saturated rings. The van der Waals surface area contributed by atoms with Crippen LogP contribution >= 0.6 is 0 Å². The summed E-state index contributed by atoms with van der Waals surface area (Å²) in [7, 11) is 3.09. The van der Waals surface area contributed by atoms with Crippen LogP contribution in [0.4, 0.5) is 5.69 Å². The van der Waals surface area contributed by atoms with Gasteiger partial charge in [0.1, 0.15) is 11.5 Å². The summed E-state index contributed by atoms with van der Waals surface area (Å²) in [6.07, 6.45) is 1.12. The van der Waals surface area contributed by atoms with Crippen molar-refractivity contribution in [2.75, 3.05) is 64.9 Å². The molecule has 36 heavy (non-hydrogen) atoms. The maximum atomic E-state index is 13.0. The van der Waals surface area contributed by atoms with E-state index in [1.165, 1.54) is 0 Å². The van der Waals surface area contributed by atoms with Gasteiger partial charge in [-0.25, -0.2) is 0 Å². The average Bonchev–Trinajstić information content (AvgIpc) is 2.95. The normalized spacial score (nSPS) is 16.4. The van der Waals surface area contributed by atoms with Crippen LogP contribution in [-0.2, 0) is 9.59 Å². The molecule has 0 saturated carbocycles. The minimum atomic E-state index is -0.211. The van der Waals surface area contributed by atoms with E-state index in [1.54, 1.807) is 37.3 Å². The highest BCUT2D eigenvalue weighted by Crippen LogP contribution is 2.25. The SMILES string of the molecule is COc1cc(OC)cc(C(=O)N2CCC(C(=O)NCC(=O)N3CCN(c4ccccc4)CC3)CC2)c1. The molecule has 2 aliphatic heterocycles. The summed E-state index contributed by atoms with van der Waals surface area (Å²) in [6, 6.07) is 15.3. The van der Waals surface area contributed by atoms with E-state index in [9.17, 15) is 14.4 Å². The summed E-state index contributed by atoms with van der Waals surface area (Å²) in [5, 5.41) is 2.82. The van der Waals surface area contributed by atoms with Gasteiger partial charge < -0.3 is 29.5 Å². The van der Waals surface area contributed by atoms with Crippen molar-refractivity contribution in [2.24, 2.45) is 5.92 Å². The van der Waals surface area contributed by atoms with Gasteiger partial charge >= 0.3 is 0 Å². The van der Waals surface area contributed by atoms with Gasteiger partial charge in [-0.3, -0.25) is 14.4 Å². The summed E-state index contributed by atoms with van der Waals surface area (Å²) in [5.74, 6) is 0.598. The predicted molar refractivity (Wildman–Crippen MR) is 136 cm³/mol. The molecule has 2 aromatic rings. The van der Waals surface area contributed by atoms with Crippen LogP contribution < -0.4 is 19.7 Å². The van der Waals surface area contributed by atoms with Crippen LogP contribution in [0.25, 0.3) is 0 Å². The molecule has 2 saturated heterocycles. The summed E-state index contributed by atoms with van der Waals surface area (Å²) >= 11 is 0. The number of anilines is 1. The Labute approximate surface area is 211 Å². The first kappa shape index (κ1) is 25.3. The third-order valence-corrected chi connectivity index (χ3v) is 6.92. The highest BCUT2D eigenvalue weighted by atomic mass is 16.5. The van der Waals surface area contributed by atoms with E-state index < -0.39 is 0 Å². The minimum Gasteiger partial charge on any atom is -0.497 e. The van der Waals surface area contributed by atoms with Gasteiger partial charge in [0.15, 0.2) is 0 Å². The highest BCUT2D eigenvalue weighted by Gasteiger charge is 2.29. The van der Waals surface area contributed by atoms with Crippen molar-refractivity contribution in [3.8, 4) is 11.5 Å². The lowest BCUT2D eigenvalue weighted by Gasteiger charge is -2.36. The number of nitrogens with zero attached hydrogens (tertiary/aromatic N) is 3. The Morgan fingerprint density at radius 3 is 2.03 bits per heavy atom. The Hall–Kier alpha value is -3.75. The number of ether oxygens (including phenoxy) is 2. The molecule has 0 aromatic heterocycles. The van der Waals surface area contributed by atoms with Crippen LogP contribution in [0.3, 0.4) is 0 Å². The maximum absolute atomic E-state index is 13.0. The third kappa shape index (κ3) is 6.08. The van der Waals surface area contributed by atoms with E-state index in [2.05, 4.69) is 22.3 Å². The second kappa shape index (κ2) is 11.8. The van der Waals surface area contributed by atoms with E-state index in [1.807, 2.05) is 23.1 Å². The molecule has 3 amide bonds. The van der Waals surface area contributed by atoms with Crippen molar-refractivity contribution in [1.82, 2.24) is 15.1 Å². The van der Waals surface area contributed by atoms with Gasteiger partial charge in [-0.1, -0.05) is 18.2 Å². The first-order valence-electron chi connectivity index (χ1n) is 12.4. The molecule has 0 unspecified atom stereocenters. The van der Waals surface area contributed by atoms with Crippen molar-refractivity contribution in [2.45, 2.75) is 12.8 Å². The molecule has 0 aliphatic carbocycles. The monoisotopic (exact) mass is 494 g/mol. The molecular formula is C27H34N4O5. The van der Waals surface area contributed by atoms with Crippen LogP contribution in [0.2, 0.25) is 0 Å². The quantitative estimate of drug-likeness (QED) is 0.633. The third-order valence-electron chi connectivity index (χ3n) is 6.92. The first-order valence-corrected chi connectivity index (χ1v) is 12.4. The van der Waals surface area contributed by atoms with Crippen molar-refractivity contribution in [3.63, 3.8) is 0 Å². The second-order valence-corrected chi connectivity index (χ2v) is 9.09. The summed E-state index contributed by atoms with van der Waals surface area (Å²) in [5.41, 5.74) is 1.65. The number of benzene rings is 2. The Morgan fingerprint density at radius 1 is 0.833 bits per heavy atom. The Kier molecular flexibility index (Phi) is 8.30. The Balaban J connectivity index is 1.21. The molecule has 0 atom stereocenters. The van der Waals surface area contributed by atoms with E-state index >= 15 is 0 Å². The topological polar surface area (TPSA) is 91.4 Å². The molecule has 192 valence electrons. The van der Waals surface area contributed by atoms with Gasteiger partial charge in [0.2, 0.25) is 11.8 Å². The van der Waals surface area contributed by atoms with Gasteiger partial charge in [0.05, 0.1) is 20.8 Å². The Bertz CT molecular complexity index is 1040. The number of piperazine rings is 1. The van der Waals surface area contributed by atoms with Crippen molar-refractivity contribution >= 4 is 23.4 Å². The summed E-state index contributed by atoms with van der Waals surface area (Å²) in [6.45, 7) is 3.79. The predicted octanol–water partition coefficient (Wildman–Crippen LogP) is 2.02. The van der Waals surface area contributed by atoms with Crippen molar-refractivity contribution in [3.05, 3.63) is 54.1 Å². The number of piperidine rings is 1. The molecule has 0 radical (unpaired) electrons. The van der Waals surface area contributed by atoms with E-state index in [4.69, 9.17) is 9.47 Å². The fourth-order valence-electron chi connectivity index (χ4n) is 4.73. The molecule has 0 bridgehead atoms. The molecular weight excluding hydrogens is 460 g/mol. The molecule has 2 aliphatic rings. The van der Waals surface area contributed by atoms with Gasteiger partial charge in [0.25, 0.3) is 5.91 Å². The lowest BCUT2D eigenvalue weighted by molar-refractivity contribution is -0.134. The lowest BCUT2D eigenvalue weighted by atomic mass is 9.95. The van der Waals surface area contributed by atoms with Crippen LogP contribution in [-0.4, -0.2) is 87.6 Å². The largest absolute Gasteiger partial charge is 0.497 e. The zero-order valence-corrected chi connectivity index (χ0v) is 20.9. The van der Waals surface area contributed by atoms with Gasteiger partial charge in [-0.05, 0) is 37.1 Å².